The molecule has 0 saturated carbocycles. The maximum Gasteiger partial charge on any atom is 0.232 e. The standard InChI is InChI=1S/C21H25ClN5O4PS/c1-5-33(29,30)27-14-10-11-18(31-2)17(12-14)25-21-23-13-15(22)20(26-21)24-16-8-6-7-9-19(16)32(3,4)28/h6-13,27H,5H2,1-4H3,(H2,23,24,25,26). The van der Waals surface area contributed by atoms with Crippen molar-refractivity contribution >= 4 is 62.9 Å². The highest BCUT2D eigenvalue weighted by atomic mass is 35.5. The van der Waals surface area contributed by atoms with E-state index >= 15 is 0 Å². The van der Waals surface area contributed by atoms with E-state index in [-0.39, 0.29) is 16.7 Å². The van der Waals surface area contributed by atoms with E-state index in [1.54, 1.807) is 50.6 Å². The summed E-state index contributed by atoms with van der Waals surface area (Å²) in [6, 6.07) is 12.0. The van der Waals surface area contributed by atoms with Gasteiger partial charge in [-0.2, -0.15) is 4.98 Å². The first-order valence-electron chi connectivity index (χ1n) is 9.92. The van der Waals surface area contributed by atoms with Gasteiger partial charge in [0.1, 0.15) is 17.9 Å². The van der Waals surface area contributed by atoms with Gasteiger partial charge in [-0.1, -0.05) is 23.7 Å². The fraction of sp³-hybridized carbons (Fsp3) is 0.238. The van der Waals surface area contributed by atoms with Crippen molar-refractivity contribution in [2.45, 2.75) is 6.92 Å². The smallest absolute Gasteiger partial charge is 0.232 e. The number of hydrogen-bond donors (Lipinski definition) is 3. The second-order valence-electron chi connectivity index (χ2n) is 7.43. The Morgan fingerprint density at radius 1 is 1.09 bits per heavy atom. The molecule has 1 heterocycles. The van der Waals surface area contributed by atoms with E-state index < -0.39 is 17.2 Å². The zero-order chi connectivity index (χ0) is 24.2. The lowest BCUT2D eigenvalue weighted by molar-refractivity contribution is 0.417. The Kier molecular flexibility index (Phi) is 7.51. The van der Waals surface area contributed by atoms with Gasteiger partial charge in [0.2, 0.25) is 16.0 Å². The van der Waals surface area contributed by atoms with E-state index in [4.69, 9.17) is 16.3 Å². The van der Waals surface area contributed by atoms with Crippen LogP contribution in [0.1, 0.15) is 6.92 Å². The molecule has 0 radical (unpaired) electrons. The lowest BCUT2D eigenvalue weighted by Crippen LogP contribution is -2.14. The van der Waals surface area contributed by atoms with E-state index in [1.165, 1.54) is 13.3 Å². The number of anilines is 5. The highest BCUT2D eigenvalue weighted by molar-refractivity contribution is 7.92. The molecule has 3 aromatic rings. The van der Waals surface area contributed by atoms with E-state index in [9.17, 15) is 13.0 Å². The third-order valence-corrected chi connectivity index (χ3v) is 7.71. The fourth-order valence-electron chi connectivity index (χ4n) is 2.93. The van der Waals surface area contributed by atoms with E-state index in [1.807, 2.05) is 12.1 Å². The second-order valence-corrected chi connectivity index (χ2v) is 13.0. The monoisotopic (exact) mass is 509 g/mol. The largest absolute Gasteiger partial charge is 0.495 e. The third-order valence-electron chi connectivity index (χ3n) is 4.58. The highest BCUT2D eigenvalue weighted by Crippen LogP contribution is 2.39. The molecule has 2 aromatic carbocycles. The van der Waals surface area contributed by atoms with Gasteiger partial charge in [0.15, 0.2) is 5.82 Å². The van der Waals surface area contributed by atoms with Crippen molar-refractivity contribution in [1.29, 1.82) is 0 Å². The normalized spacial score (nSPS) is 11.7. The molecule has 0 fully saturated rings. The number of hydrogen-bond acceptors (Lipinski definition) is 8. The number of nitrogens with zero attached hydrogens (tertiary/aromatic N) is 2. The van der Waals surface area contributed by atoms with Crippen LogP contribution < -0.4 is 25.4 Å². The number of aromatic nitrogens is 2. The van der Waals surface area contributed by atoms with Crippen molar-refractivity contribution in [3.05, 3.63) is 53.7 Å². The van der Waals surface area contributed by atoms with E-state index in [0.717, 1.165) is 0 Å². The average molecular weight is 510 g/mol. The molecule has 0 bridgehead atoms. The van der Waals surface area contributed by atoms with Crippen molar-refractivity contribution in [2.24, 2.45) is 0 Å². The summed E-state index contributed by atoms with van der Waals surface area (Å²) in [6.45, 7) is 4.93. The minimum Gasteiger partial charge on any atom is -0.495 e. The van der Waals surface area contributed by atoms with Gasteiger partial charge >= 0.3 is 0 Å². The minimum atomic E-state index is -3.45. The number of para-hydroxylation sites is 1. The Labute approximate surface area is 198 Å². The van der Waals surface area contributed by atoms with Gasteiger partial charge in [0.25, 0.3) is 0 Å². The predicted octanol–water partition coefficient (Wildman–Crippen LogP) is 4.64. The number of rotatable bonds is 9. The number of sulfonamides is 1. The number of nitrogens with one attached hydrogen (secondary N) is 3. The molecule has 0 aliphatic rings. The first-order chi connectivity index (χ1) is 15.5. The molecule has 9 nitrogen and oxygen atoms in total. The zero-order valence-electron chi connectivity index (χ0n) is 18.6. The summed E-state index contributed by atoms with van der Waals surface area (Å²) in [5.41, 5.74) is 1.45. The van der Waals surface area contributed by atoms with Crippen LogP contribution in [-0.2, 0) is 14.6 Å². The number of halogens is 1. The minimum absolute atomic E-state index is 0.0545. The second kappa shape index (κ2) is 9.99. The van der Waals surface area contributed by atoms with Crippen molar-refractivity contribution in [3.63, 3.8) is 0 Å². The van der Waals surface area contributed by atoms with Gasteiger partial charge < -0.3 is 19.9 Å². The Morgan fingerprint density at radius 3 is 2.48 bits per heavy atom. The lowest BCUT2D eigenvalue weighted by atomic mass is 10.2. The highest BCUT2D eigenvalue weighted by Gasteiger charge is 2.17. The maximum absolute atomic E-state index is 12.7. The number of methoxy groups -OCH3 is 1. The van der Waals surface area contributed by atoms with Crippen LogP contribution >= 0.6 is 18.7 Å². The van der Waals surface area contributed by atoms with Crippen LogP contribution in [0.5, 0.6) is 5.75 Å². The molecule has 0 spiro atoms. The molecule has 0 saturated heterocycles. The SMILES string of the molecule is CCS(=O)(=O)Nc1ccc(OC)c(Nc2ncc(Cl)c(Nc3ccccc3P(C)(C)=O)n2)c1. The Balaban J connectivity index is 1.93. The van der Waals surface area contributed by atoms with Crippen molar-refractivity contribution in [1.82, 2.24) is 9.97 Å². The molecule has 0 aliphatic heterocycles. The topological polar surface area (TPSA) is 122 Å². The predicted molar refractivity (Wildman–Crippen MR) is 135 cm³/mol. The summed E-state index contributed by atoms with van der Waals surface area (Å²) < 4.78 is 44.4. The molecule has 0 unspecified atom stereocenters. The maximum atomic E-state index is 12.7. The van der Waals surface area contributed by atoms with Crippen molar-refractivity contribution in [2.75, 3.05) is 41.5 Å². The van der Waals surface area contributed by atoms with Gasteiger partial charge in [-0.05, 0) is 50.6 Å². The Morgan fingerprint density at radius 2 is 1.82 bits per heavy atom. The van der Waals surface area contributed by atoms with Crippen LogP contribution in [0.15, 0.2) is 48.7 Å². The van der Waals surface area contributed by atoms with Crippen molar-refractivity contribution < 1.29 is 17.7 Å². The van der Waals surface area contributed by atoms with Crippen LogP contribution in [0, 0.1) is 0 Å². The molecule has 33 heavy (non-hydrogen) atoms. The lowest BCUT2D eigenvalue weighted by Gasteiger charge is -2.16. The molecular formula is C21H25ClN5O4PS. The molecule has 1 aromatic heterocycles. The summed E-state index contributed by atoms with van der Waals surface area (Å²) in [6.07, 6.45) is 1.43. The molecular weight excluding hydrogens is 485 g/mol. The summed E-state index contributed by atoms with van der Waals surface area (Å²) in [5.74, 6) is 0.924. The molecule has 0 atom stereocenters. The van der Waals surface area contributed by atoms with Gasteiger partial charge in [0.05, 0.1) is 36.1 Å². The summed E-state index contributed by atoms with van der Waals surface area (Å²) >= 11 is 6.30. The molecule has 12 heteroatoms. The quantitative estimate of drug-likeness (QED) is 0.357. The fourth-order valence-corrected chi connectivity index (χ4v) is 4.86. The van der Waals surface area contributed by atoms with Gasteiger partial charge in [-0.25, -0.2) is 13.4 Å². The molecule has 3 N–H and O–H groups in total. The molecule has 0 amide bonds. The summed E-state index contributed by atoms with van der Waals surface area (Å²) in [5, 5.41) is 7.11. The van der Waals surface area contributed by atoms with Crippen LogP contribution in [0.25, 0.3) is 0 Å². The first kappa shape index (κ1) is 24.8. The molecule has 0 aliphatic carbocycles. The number of ether oxygens (including phenoxy) is 1. The molecule has 3 rings (SSSR count). The van der Waals surface area contributed by atoms with E-state index in [2.05, 4.69) is 25.3 Å². The van der Waals surface area contributed by atoms with Crippen LogP contribution in [-0.4, -0.2) is 44.6 Å². The first-order valence-corrected chi connectivity index (χ1v) is 14.5. The Hall–Kier alpha value is -2.81. The summed E-state index contributed by atoms with van der Waals surface area (Å²) in [7, 11) is -4.50. The third kappa shape index (κ3) is 6.37. The van der Waals surface area contributed by atoms with Crippen LogP contribution in [0.4, 0.5) is 28.8 Å². The van der Waals surface area contributed by atoms with E-state index in [0.29, 0.717) is 33.9 Å². The number of benzene rings is 2. The van der Waals surface area contributed by atoms with Crippen LogP contribution in [0.3, 0.4) is 0 Å². The zero-order valence-corrected chi connectivity index (χ0v) is 21.1. The Bertz CT molecular complexity index is 1310. The van der Waals surface area contributed by atoms with Gasteiger partial charge in [-0.15, -0.1) is 0 Å². The summed E-state index contributed by atoms with van der Waals surface area (Å²) in [4.78, 5) is 8.63. The van der Waals surface area contributed by atoms with Crippen molar-refractivity contribution in [3.8, 4) is 5.75 Å². The van der Waals surface area contributed by atoms with Gasteiger partial charge in [0, 0.05) is 5.30 Å². The van der Waals surface area contributed by atoms with Crippen LogP contribution in [0.2, 0.25) is 5.02 Å². The molecule has 176 valence electrons. The van der Waals surface area contributed by atoms with Gasteiger partial charge in [-0.3, -0.25) is 4.72 Å². The average Bonchev–Trinajstić information content (AvgIpc) is 2.76.